The number of morpholine rings is 1. The lowest BCUT2D eigenvalue weighted by Crippen LogP contribution is -2.49. The fourth-order valence-corrected chi connectivity index (χ4v) is 2.48. The van der Waals surface area contributed by atoms with Crippen molar-refractivity contribution in [3.05, 3.63) is 30.3 Å². The predicted molar refractivity (Wildman–Crippen MR) is 81.4 cm³/mol. The summed E-state index contributed by atoms with van der Waals surface area (Å²) >= 11 is 0. The Balaban J connectivity index is 1.71. The number of aromatic nitrogens is 4. The summed E-state index contributed by atoms with van der Waals surface area (Å²) in [7, 11) is 0. The first kappa shape index (κ1) is 15.6. The Bertz CT molecular complexity index is 660. The lowest BCUT2D eigenvalue weighted by molar-refractivity contribution is -0.143. The number of hydrogen-bond acceptors (Lipinski definition) is 6. The Labute approximate surface area is 133 Å². The van der Waals surface area contributed by atoms with Gasteiger partial charge in [0.2, 0.25) is 11.7 Å². The summed E-state index contributed by atoms with van der Waals surface area (Å²) in [5, 5.41) is 21.5. The molecule has 1 aliphatic heterocycles. The van der Waals surface area contributed by atoms with Gasteiger partial charge in [-0.25, -0.2) is 0 Å². The molecule has 2 atom stereocenters. The minimum Gasteiger partial charge on any atom is -0.394 e. The van der Waals surface area contributed by atoms with Crippen LogP contribution in [0.15, 0.2) is 30.3 Å². The smallest absolute Gasteiger partial charge is 0.249 e. The highest BCUT2D eigenvalue weighted by Crippen LogP contribution is 2.16. The number of nitrogens with zero attached hydrogens (tertiary/aromatic N) is 5. The second-order valence-electron chi connectivity index (χ2n) is 5.44. The zero-order valence-corrected chi connectivity index (χ0v) is 12.9. The summed E-state index contributed by atoms with van der Waals surface area (Å²) in [6.45, 7) is 2.93. The molecule has 1 N–H and O–H groups in total. The molecule has 0 aliphatic carbocycles. The van der Waals surface area contributed by atoms with Gasteiger partial charge in [-0.15, -0.1) is 10.2 Å². The summed E-state index contributed by atoms with van der Waals surface area (Å²) in [5.74, 6) is 0.379. The molecule has 2 heterocycles. The number of tetrazole rings is 1. The van der Waals surface area contributed by atoms with E-state index in [0.717, 1.165) is 5.56 Å². The van der Waals surface area contributed by atoms with Crippen LogP contribution in [-0.4, -0.2) is 68.5 Å². The van der Waals surface area contributed by atoms with Gasteiger partial charge >= 0.3 is 0 Å². The van der Waals surface area contributed by atoms with Gasteiger partial charge in [0.1, 0.15) is 6.04 Å². The number of hydrogen-bond donors (Lipinski definition) is 1. The molecule has 0 spiro atoms. The van der Waals surface area contributed by atoms with Crippen LogP contribution in [0.2, 0.25) is 0 Å². The van der Waals surface area contributed by atoms with Crippen molar-refractivity contribution in [1.82, 2.24) is 25.1 Å². The normalized spacial score (nSPS) is 19.6. The molecule has 1 aliphatic rings. The van der Waals surface area contributed by atoms with Crippen molar-refractivity contribution in [2.75, 3.05) is 26.3 Å². The summed E-state index contributed by atoms with van der Waals surface area (Å²) in [6.07, 6.45) is -0.330. The number of carbonyl (C=O) groups excluding carboxylic acids is 1. The van der Waals surface area contributed by atoms with Crippen molar-refractivity contribution >= 4 is 5.91 Å². The van der Waals surface area contributed by atoms with Gasteiger partial charge in [0, 0.05) is 18.7 Å². The average molecular weight is 317 g/mol. The standard InChI is InChI=1S/C15H19N5O3/c1-11(15(22)19-7-8-23-13(9-19)10-21)20-17-14(16-18-20)12-5-3-2-4-6-12/h2-6,11,13,21H,7-10H2,1H3/t11-,13+/m0/s1. The highest BCUT2D eigenvalue weighted by Gasteiger charge is 2.29. The Morgan fingerprint density at radius 1 is 1.43 bits per heavy atom. The summed E-state index contributed by atoms with van der Waals surface area (Å²) < 4.78 is 5.36. The third kappa shape index (κ3) is 3.38. The van der Waals surface area contributed by atoms with E-state index in [0.29, 0.717) is 25.5 Å². The van der Waals surface area contributed by atoms with E-state index in [4.69, 9.17) is 4.74 Å². The first-order valence-corrected chi connectivity index (χ1v) is 7.55. The number of aliphatic hydroxyl groups excluding tert-OH is 1. The first-order chi connectivity index (χ1) is 11.2. The van der Waals surface area contributed by atoms with Crippen molar-refractivity contribution in [1.29, 1.82) is 0 Å². The van der Waals surface area contributed by atoms with Crippen LogP contribution >= 0.6 is 0 Å². The molecule has 1 aromatic heterocycles. The van der Waals surface area contributed by atoms with Crippen LogP contribution in [0.1, 0.15) is 13.0 Å². The highest BCUT2D eigenvalue weighted by atomic mass is 16.5. The number of ether oxygens (including phenoxy) is 1. The minimum absolute atomic E-state index is 0.0993. The SMILES string of the molecule is C[C@@H](C(=O)N1CCO[C@@H](CO)C1)n1nnc(-c2ccccc2)n1. The minimum atomic E-state index is -0.558. The zero-order valence-electron chi connectivity index (χ0n) is 12.9. The van der Waals surface area contributed by atoms with E-state index in [9.17, 15) is 9.90 Å². The maximum Gasteiger partial charge on any atom is 0.249 e. The van der Waals surface area contributed by atoms with Gasteiger partial charge in [-0.3, -0.25) is 4.79 Å². The van der Waals surface area contributed by atoms with E-state index in [2.05, 4.69) is 15.4 Å². The number of carbonyl (C=O) groups is 1. The Kier molecular flexibility index (Phi) is 4.63. The van der Waals surface area contributed by atoms with Crippen molar-refractivity contribution in [2.24, 2.45) is 0 Å². The predicted octanol–water partition coefficient (Wildman–Crippen LogP) is 0.121. The highest BCUT2D eigenvalue weighted by molar-refractivity contribution is 5.80. The lowest BCUT2D eigenvalue weighted by atomic mass is 10.2. The Morgan fingerprint density at radius 2 is 2.22 bits per heavy atom. The van der Waals surface area contributed by atoms with Gasteiger partial charge in [-0.1, -0.05) is 30.3 Å². The molecular weight excluding hydrogens is 298 g/mol. The van der Waals surface area contributed by atoms with E-state index in [1.54, 1.807) is 11.8 Å². The van der Waals surface area contributed by atoms with Crippen LogP contribution in [0, 0.1) is 0 Å². The molecule has 1 aromatic carbocycles. The molecule has 0 unspecified atom stereocenters. The van der Waals surface area contributed by atoms with Crippen molar-refractivity contribution in [3.63, 3.8) is 0 Å². The Hall–Kier alpha value is -2.32. The van der Waals surface area contributed by atoms with Gasteiger partial charge in [0.25, 0.3) is 0 Å². The van der Waals surface area contributed by atoms with Gasteiger partial charge in [0.05, 0.1) is 19.3 Å². The van der Waals surface area contributed by atoms with Crippen molar-refractivity contribution in [2.45, 2.75) is 19.1 Å². The molecule has 8 heteroatoms. The van der Waals surface area contributed by atoms with Crippen LogP contribution in [-0.2, 0) is 9.53 Å². The summed E-state index contributed by atoms with van der Waals surface area (Å²) in [5.41, 5.74) is 0.852. The average Bonchev–Trinajstić information content (AvgIpc) is 3.11. The fourth-order valence-electron chi connectivity index (χ4n) is 2.48. The summed E-state index contributed by atoms with van der Waals surface area (Å²) in [4.78, 5) is 15.6. The molecule has 0 saturated carbocycles. The molecule has 1 saturated heterocycles. The van der Waals surface area contributed by atoms with Crippen LogP contribution in [0.4, 0.5) is 0 Å². The second kappa shape index (κ2) is 6.84. The zero-order chi connectivity index (χ0) is 16.2. The van der Waals surface area contributed by atoms with E-state index in [1.807, 2.05) is 30.3 Å². The topological polar surface area (TPSA) is 93.4 Å². The number of rotatable bonds is 4. The molecule has 122 valence electrons. The monoisotopic (exact) mass is 317 g/mol. The molecule has 0 radical (unpaired) electrons. The van der Waals surface area contributed by atoms with Crippen LogP contribution in [0.25, 0.3) is 11.4 Å². The molecule has 3 rings (SSSR count). The van der Waals surface area contributed by atoms with Gasteiger partial charge < -0.3 is 14.7 Å². The van der Waals surface area contributed by atoms with Crippen LogP contribution in [0.5, 0.6) is 0 Å². The molecule has 1 amide bonds. The molecule has 1 fully saturated rings. The number of amides is 1. The third-order valence-corrected chi connectivity index (χ3v) is 3.82. The maximum absolute atomic E-state index is 12.6. The van der Waals surface area contributed by atoms with E-state index in [-0.39, 0.29) is 18.6 Å². The third-order valence-electron chi connectivity index (χ3n) is 3.82. The molecular formula is C15H19N5O3. The van der Waals surface area contributed by atoms with Gasteiger partial charge in [0.15, 0.2) is 0 Å². The number of aliphatic hydroxyl groups is 1. The molecule has 0 bridgehead atoms. The quantitative estimate of drug-likeness (QED) is 0.861. The van der Waals surface area contributed by atoms with Gasteiger partial charge in [-0.05, 0) is 12.1 Å². The van der Waals surface area contributed by atoms with Crippen molar-refractivity contribution < 1.29 is 14.6 Å². The molecule has 8 nitrogen and oxygen atoms in total. The Morgan fingerprint density at radius 3 is 2.96 bits per heavy atom. The van der Waals surface area contributed by atoms with E-state index < -0.39 is 6.04 Å². The first-order valence-electron chi connectivity index (χ1n) is 7.55. The number of benzene rings is 1. The fraction of sp³-hybridized carbons (Fsp3) is 0.467. The van der Waals surface area contributed by atoms with Crippen LogP contribution in [0.3, 0.4) is 0 Å². The second-order valence-corrected chi connectivity index (χ2v) is 5.44. The molecule has 2 aromatic rings. The van der Waals surface area contributed by atoms with Gasteiger partial charge in [-0.2, -0.15) is 4.80 Å². The lowest BCUT2D eigenvalue weighted by Gasteiger charge is -2.33. The van der Waals surface area contributed by atoms with E-state index >= 15 is 0 Å². The van der Waals surface area contributed by atoms with Crippen molar-refractivity contribution in [3.8, 4) is 11.4 Å². The van der Waals surface area contributed by atoms with E-state index in [1.165, 1.54) is 4.80 Å². The van der Waals surface area contributed by atoms with Crippen LogP contribution < -0.4 is 0 Å². The summed E-state index contributed by atoms with van der Waals surface area (Å²) in [6, 6.07) is 8.93. The maximum atomic E-state index is 12.6. The largest absolute Gasteiger partial charge is 0.394 e. The molecule has 23 heavy (non-hydrogen) atoms.